The van der Waals surface area contributed by atoms with Crippen LogP contribution in [0.2, 0.25) is 0 Å². The van der Waals surface area contributed by atoms with Gasteiger partial charge in [-0.1, -0.05) is 25.1 Å². The number of nitrogens with zero attached hydrogens (tertiary/aromatic N) is 1. The van der Waals surface area contributed by atoms with Crippen molar-refractivity contribution < 1.29 is 8.78 Å². The third kappa shape index (κ3) is 3.19. The molecule has 2 nitrogen and oxygen atoms in total. The Morgan fingerprint density at radius 1 is 1.47 bits per heavy atom. The maximum atomic E-state index is 13.4. The van der Waals surface area contributed by atoms with Gasteiger partial charge in [-0.2, -0.15) is 0 Å². The summed E-state index contributed by atoms with van der Waals surface area (Å²) in [5, 5.41) is 3.97. The van der Waals surface area contributed by atoms with Crippen molar-refractivity contribution in [3.05, 3.63) is 29.8 Å². The number of halogens is 2. The third-order valence-electron chi connectivity index (χ3n) is 2.50. The van der Waals surface area contributed by atoms with Crippen molar-refractivity contribution in [2.24, 2.45) is 4.99 Å². The average molecular weight is 256 g/mol. The molecule has 0 radical (unpaired) electrons. The van der Waals surface area contributed by atoms with Crippen LogP contribution < -0.4 is 5.32 Å². The molecule has 92 valence electrons. The Morgan fingerprint density at radius 2 is 2.29 bits per heavy atom. The first-order valence-electron chi connectivity index (χ1n) is 5.62. The predicted octanol–water partition coefficient (Wildman–Crippen LogP) is 3.65. The normalized spacial score (nSPS) is 19.2. The second-order valence-electron chi connectivity index (χ2n) is 3.92. The number of hydrogen-bond acceptors (Lipinski definition) is 3. The van der Waals surface area contributed by atoms with Crippen molar-refractivity contribution in [1.29, 1.82) is 0 Å². The Hall–Kier alpha value is -1.10. The minimum Gasteiger partial charge on any atom is -0.332 e. The Kier molecular flexibility index (Phi) is 3.99. The standard InChI is InChI=1S/C12H14F2N2S/c1-2-3-9-7-15-12(17-9)16-11-6-8(13)4-5-10(11)14/h4-6,9H,2-3,7H2,1H3,(H,15,16). The summed E-state index contributed by atoms with van der Waals surface area (Å²) >= 11 is 1.59. The molecule has 0 saturated carbocycles. The first-order valence-corrected chi connectivity index (χ1v) is 6.50. The molecule has 0 saturated heterocycles. The van der Waals surface area contributed by atoms with Crippen LogP contribution in [0, 0.1) is 11.6 Å². The Labute approximate surface area is 104 Å². The summed E-state index contributed by atoms with van der Waals surface area (Å²) in [4.78, 5) is 4.28. The van der Waals surface area contributed by atoms with Gasteiger partial charge in [0.05, 0.1) is 12.2 Å². The minimum atomic E-state index is -0.464. The molecule has 1 aliphatic rings. The summed E-state index contributed by atoms with van der Waals surface area (Å²) in [5.41, 5.74) is 0.147. The average Bonchev–Trinajstić information content (AvgIpc) is 2.72. The zero-order valence-corrected chi connectivity index (χ0v) is 10.4. The number of hydrogen-bond donors (Lipinski definition) is 1. The molecule has 5 heteroatoms. The number of benzene rings is 1. The van der Waals surface area contributed by atoms with E-state index in [1.54, 1.807) is 11.8 Å². The molecule has 0 spiro atoms. The van der Waals surface area contributed by atoms with E-state index in [-0.39, 0.29) is 5.69 Å². The van der Waals surface area contributed by atoms with Gasteiger partial charge in [-0.05, 0) is 18.6 Å². The third-order valence-corrected chi connectivity index (χ3v) is 3.67. The second-order valence-corrected chi connectivity index (χ2v) is 5.21. The van der Waals surface area contributed by atoms with Gasteiger partial charge >= 0.3 is 0 Å². The molecular formula is C12H14F2N2S. The molecule has 1 atom stereocenters. The summed E-state index contributed by atoms with van der Waals surface area (Å²) < 4.78 is 26.3. The molecule has 0 bridgehead atoms. The van der Waals surface area contributed by atoms with Crippen molar-refractivity contribution in [1.82, 2.24) is 0 Å². The SMILES string of the molecule is CCCC1CN=C(Nc2cc(F)ccc2F)S1. The number of nitrogens with one attached hydrogen (secondary N) is 1. The maximum Gasteiger partial charge on any atom is 0.161 e. The molecular weight excluding hydrogens is 242 g/mol. The summed E-state index contributed by atoms with van der Waals surface area (Å²) in [5.74, 6) is -0.920. The van der Waals surface area contributed by atoms with Crippen LogP contribution in [-0.2, 0) is 0 Å². The fourth-order valence-electron chi connectivity index (χ4n) is 1.67. The summed E-state index contributed by atoms with van der Waals surface area (Å²) in [6.45, 7) is 2.87. The van der Waals surface area contributed by atoms with Crippen molar-refractivity contribution in [3.8, 4) is 0 Å². The summed E-state index contributed by atoms with van der Waals surface area (Å²) in [6, 6.07) is 3.36. The Balaban J connectivity index is 2.00. The smallest absolute Gasteiger partial charge is 0.161 e. The zero-order valence-electron chi connectivity index (χ0n) is 9.54. The van der Waals surface area contributed by atoms with Gasteiger partial charge in [-0.15, -0.1) is 0 Å². The van der Waals surface area contributed by atoms with Crippen LogP contribution in [0.15, 0.2) is 23.2 Å². The second kappa shape index (κ2) is 5.49. The van der Waals surface area contributed by atoms with Gasteiger partial charge in [0.2, 0.25) is 0 Å². The van der Waals surface area contributed by atoms with Crippen LogP contribution >= 0.6 is 11.8 Å². The minimum absolute atomic E-state index is 0.147. The highest BCUT2D eigenvalue weighted by molar-refractivity contribution is 8.15. The fourth-order valence-corrected chi connectivity index (χ4v) is 2.80. The molecule has 1 aromatic carbocycles. The predicted molar refractivity (Wildman–Crippen MR) is 68.6 cm³/mol. The molecule has 0 fully saturated rings. The van der Waals surface area contributed by atoms with E-state index >= 15 is 0 Å². The molecule has 0 amide bonds. The van der Waals surface area contributed by atoms with E-state index in [2.05, 4.69) is 17.2 Å². The van der Waals surface area contributed by atoms with E-state index in [9.17, 15) is 8.78 Å². The molecule has 1 aliphatic heterocycles. The quantitative estimate of drug-likeness (QED) is 0.892. The van der Waals surface area contributed by atoms with E-state index in [0.717, 1.165) is 37.6 Å². The molecule has 0 aromatic heterocycles. The molecule has 0 aliphatic carbocycles. The van der Waals surface area contributed by atoms with Crippen molar-refractivity contribution in [2.45, 2.75) is 25.0 Å². The van der Waals surface area contributed by atoms with Crippen LogP contribution in [0.4, 0.5) is 14.5 Å². The van der Waals surface area contributed by atoms with Crippen molar-refractivity contribution in [3.63, 3.8) is 0 Å². The molecule has 1 N–H and O–H groups in total. The van der Waals surface area contributed by atoms with Gasteiger partial charge in [0.1, 0.15) is 11.6 Å². The lowest BCUT2D eigenvalue weighted by Crippen LogP contribution is -2.08. The largest absolute Gasteiger partial charge is 0.332 e. The highest BCUT2D eigenvalue weighted by Gasteiger charge is 2.19. The number of rotatable bonds is 3. The van der Waals surface area contributed by atoms with Crippen LogP contribution in [0.25, 0.3) is 0 Å². The zero-order chi connectivity index (χ0) is 12.3. The lowest BCUT2D eigenvalue weighted by atomic mass is 10.2. The van der Waals surface area contributed by atoms with Gasteiger partial charge in [0.15, 0.2) is 5.17 Å². The molecule has 1 unspecified atom stereocenters. The van der Waals surface area contributed by atoms with Gasteiger partial charge in [0.25, 0.3) is 0 Å². The molecule has 1 heterocycles. The molecule has 17 heavy (non-hydrogen) atoms. The fraction of sp³-hybridized carbons (Fsp3) is 0.417. The Bertz CT molecular complexity index is 435. The van der Waals surface area contributed by atoms with Crippen LogP contribution in [0.5, 0.6) is 0 Å². The van der Waals surface area contributed by atoms with Gasteiger partial charge < -0.3 is 5.32 Å². The van der Waals surface area contributed by atoms with E-state index in [1.165, 1.54) is 0 Å². The molecule has 1 aromatic rings. The monoisotopic (exact) mass is 256 g/mol. The topological polar surface area (TPSA) is 24.4 Å². The van der Waals surface area contributed by atoms with E-state index in [0.29, 0.717) is 10.4 Å². The summed E-state index contributed by atoms with van der Waals surface area (Å²) in [6.07, 6.45) is 2.19. The highest BCUT2D eigenvalue weighted by atomic mass is 32.2. The number of aliphatic imine (C=N–C) groups is 1. The molecule has 2 rings (SSSR count). The van der Waals surface area contributed by atoms with E-state index < -0.39 is 11.6 Å². The number of thioether (sulfide) groups is 1. The van der Waals surface area contributed by atoms with Crippen molar-refractivity contribution in [2.75, 3.05) is 11.9 Å². The van der Waals surface area contributed by atoms with Crippen LogP contribution in [0.3, 0.4) is 0 Å². The maximum absolute atomic E-state index is 13.4. The highest BCUT2D eigenvalue weighted by Crippen LogP contribution is 2.26. The van der Waals surface area contributed by atoms with E-state index in [4.69, 9.17) is 0 Å². The number of anilines is 1. The first-order chi connectivity index (χ1) is 8.19. The lowest BCUT2D eigenvalue weighted by Gasteiger charge is -2.08. The van der Waals surface area contributed by atoms with Crippen molar-refractivity contribution >= 4 is 22.6 Å². The van der Waals surface area contributed by atoms with Gasteiger partial charge in [-0.3, -0.25) is 4.99 Å². The summed E-state index contributed by atoms with van der Waals surface area (Å²) in [7, 11) is 0. The number of amidine groups is 1. The lowest BCUT2D eigenvalue weighted by molar-refractivity contribution is 0.604. The van der Waals surface area contributed by atoms with Gasteiger partial charge in [-0.25, -0.2) is 8.78 Å². The Morgan fingerprint density at radius 3 is 3.06 bits per heavy atom. The van der Waals surface area contributed by atoms with Crippen LogP contribution in [0.1, 0.15) is 19.8 Å². The van der Waals surface area contributed by atoms with Gasteiger partial charge in [0, 0.05) is 11.3 Å². The van der Waals surface area contributed by atoms with E-state index in [1.807, 2.05) is 0 Å². The van der Waals surface area contributed by atoms with Crippen LogP contribution in [-0.4, -0.2) is 17.0 Å². The first kappa shape index (κ1) is 12.4.